The maximum absolute atomic E-state index is 14.8. The topological polar surface area (TPSA) is 334 Å². The molecule has 25 heteroatoms. The van der Waals surface area contributed by atoms with Crippen LogP contribution in [0.5, 0.6) is 23.0 Å². The van der Waals surface area contributed by atoms with E-state index in [0.29, 0.717) is 61.0 Å². The van der Waals surface area contributed by atoms with Gasteiger partial charge in [-0.1, -0.05) is 121 Å². The number of hydrogen-bond donors (Lipinski definition) is 7. The number of ketones is 3. The van der Waals surface area contributed by atoms with Crippen LogP contribution in [0.2, 0.25) is 0 Å². The third-order valence-electron chi connectivity index (χ3n) is 16.6. The molecule has 7 aromatic carbocycles. The van der Waals surface area contributed by atoms with Gasteiger partial charge in [0.15, 0.2) is 17.3 Å². The van der Waals surface area contributed by atoms with Crippen LogP contribution in [0.1, 0.15) is 138 Å². The van der Waals surface area contributed by atoms with Crippen molar-refractivity contribution in [3.8, 4) is 23.0 Å². The Hall–Kier alpha value is -11.0. The number of unbranched alkanes of at least 4 members (excludes halogenated alkanes) is 3. The number of amides is 7. The molecule has 7 amide bonds. The first-order chi connectivity index (χ1) is 49.3. The van der Waals surface area contributed by atoms with Gasteiger partial charge in [0.25, 0.3) is 23.6 Å². The molecule has 0 aliphatic rings. The molecule has 0 aromatic heterocycles. The standard InChI is InChI=1S/C78H89N7O17.V/c1-51-30-34-69(97-3)59(41-51)73(90)83-62(27-15-18-38-80-76(93)100-48-52-21-9-6-10-22-52)66(87)46-56-32-36-71(99-5)61(43-56)75(92)85-64(29-17-20-40-82-78(95)102-50-54-25-13-8-14-26-54)67(88)47-57-33-37-70(98-4)60(44-57)74(91)84-63(65(86)45-55-31-35-68(96-2)58(42-55)72(79)89)28-16-19-39-81-77(94)101-49-53-23-11-7-12-24-53;/h6-14,21-26,30-37,41-44,62-64H,15-20,27-29,38-40,45-50H2,1-5H3,(H2,79,89)(H,80,93)(H,81,94)(H,82,95)(H,83,90)(H,84,91)(H,85,92);/t62-,63-,64-;/m0./s1. The van der Waals surface area contributed by atoms with E-state index < -0.39 is 71.6 Å². The van der Waals surface area contributed by atoms with Crippen molar-refractivity contribution in [1.29, 1.82) is 0 Å². The Morgan fingerprint density at radius 2 is 0.631 bits per heavy atom. The van der Waals surface area contributed by atoms with Gasteiger partial charge in [0.1, 0.15) is 42.8 Å². The van der Waals surface area contributed by atoms with E-state index in [9.17, 15) is 47.9 Å². The van der Waals surface area contributed by atoms with Crippen molar-refractivity contribution in [3.63, 3.8) is 0 Å². The minimum Gasteiger partial charge on any atom is -0.496 e. The van der Waals surface area contributed by atoms with Crippen LogP contribution in [-0.2, 0) is 86.2 Å². The Balaban J connectivity index is 0.0000167. The molecule has 0 heterocycles. The Morgan fingerprint density at radius 1 is 0.350 bits per heavy atom. The van der Waals surface area contributed by atoms with Crippen LogP contribution in [-0.4, -0.2) is 125 Å². The number of benzene rings is 7. The van der Waals surface area contributed by atoms with E-state index in [2.05, 4.69) is 31.9 Å². The fraction of sp³-hybridized carbons (Fsp3) is 0.333. The van der Waals surface area contributed by atoms with Gasteiger partial charge in [-0.15, -0.1) is 0 Å². The number of Topliss-reactive ketones (excluding diaryl/α,β-unsaturated/α-hetero) is 3. The number of hydrogen-bond acceptors (Lipinski definition) is 17. The summed E-state index contributed by atoms with van der Waals surface area (Å²) in [7, 11) is 5.54. The maximum Gasteiger partial charge on any atom is 0.407 e. The van der Waals surface area contributed by atoms with E-state index in [0.717, 1.165) is 22.3 Å². The molecule has 7 rings (SSSR count). The van der Waals surface area contributed by atoms with Gasteiger partial charge in [0.2, 0.25) is 0 Å². The molecule has 0 saturated carbocycles. The summed E-state index contributed by atoms with van der Waals surface area (Å²) in [6.45, 7) is 2.63. The van der Waals surface area contributed by atoms with Crippen LogP contribution in [0.3, 0.4) is 0 Å². The summed E-state index contributed by atoms with van der Waals surface area (Å²) in [6.07, 6.45) is -0.00165. The minimum atomic E-state index is -1.18. The number of rotatable bonds is 41. The smallest absolute Gasteiger partial charge is 0.407 e. The van der Waals surface area contributed by atoms with E-state index in [1.54, 1.807) is 36.4 Å². The number of nitrogens with two attached hydrogens (primary N) is 1. The number of carbonyl (C=O) groups excluding carboxylic acids is 10. The van der Waals surface area contributed by atoms with Crippen molar-refractivity contribution < 1.29 is 99.7 Å². The first kappa shape index (κ1) is 81.0. The summed E-state index contributed by atoms with van der Waals surface area (Å²) in [4.78, 5) is 137. The molecule has 0 saturated heterocycles. The summed E-state index contributed by atoms with van der Waals surface area (Å²) in [5.41, 5.74) is 10.3. The molecule has 543 valence electrons. The van der Waals surface area contributed by atoms with Gasteiger partial charge >= 0.3 is 18.3 Å². The van der Waals surface area contributed by atoms with Gasteiger partial charge in [-0.05, 0) is 147 Å². The van der Waals surface area contributed by atoms with Crippen LogP contribution in [0.25, 0.3) is 0 Å². The van der Waals surface area contributed by atoms with Gasteiger partial charge < -0.3 is 70.8 Å². The predicted octanol–water partition coefficient (Wildman–Crippen LogP) is 10.1. The zero-order chi connectivity index (χ0) is 73.2. The fourth-order valence-corrected chi connectivity index (χ4v) is 11.1. The molecule has 0 spiro atoms. The van der Waals surface area contributed by atoms with Gasteiger partial charge in [0, 0.05) is 57.5 Å². The first-order valence-corrected chi connectivity index (χ1v) is 33.6. The molecule has 3 atom stereocenters. The average Bonchev–Trinajstić information content (AvgIpc) is 0.836. The Morgan fingerprint density at radius 3 is 0.932 bits per heavy atom. The molecule has 7 aromatic rings. The molecule has 0 unspecified atom stereocenters. The number of methoxy groups -OCH3 is 4. The SMILES string of the molecule is COc1ccc(CC(=O)[C@H](CCCCNC(=O)OCc2ccccc2)NC(=O)c2cc(CC(=O)[C@H](CCCCNC(=O)OCc3ccccc3)NC(=O)c3cc(CC(=O)[C@H](CCCCNC(=O)OCc4ccccc4)NC(=O)c4cc(C)ccc4OC)ccc3OC)ccc2OC)cc1C(N)=O.[V]. The molecule has 0 aliphatic heterocycles. The van der Waals surface area contributed by atoms with E-state index in [1.165, 1.54) is 64.8 Å². The zero-order valence-electron chi connectivity index (χ0n) is 58.5. The minimum absolute atomic E-state index is 0. The second-order valence-corrected chi connectivity index (χ2v) is 24.1. The van der Waals surface area contributed by atoms with Gasteiger partial charge in [-0.2, -0.15) is 0 Å². The number of nitrogens with one attached hydrogen (secondary N) is 6. The number of alkyl carbamates (subject to hydrolysis) is 3. The Labute approximate surface area is 611 Å². The number of ether oxygens (including phenoxy) is 7. The number of carbonyl (C=O) groups is 10. The molecule has 0 fully saturated rings. The predicted molar refractivity (Wildman–Crippen MR) is 381 cm³/mol. The zero-order valence-corrected chi connectivity index (χ0v) is 59.9. The second kappa shape index (κ2) is 43.0. The molecule has 0 aliphatic carbocycles. The summed E-state index contributed by atoms with van der Waals surface area (Å²) < 4.78 is 38.2. The molecule has 103 heavy (non-hydrogen) atoms. The van der Waals surface area contributed by atoms with Crippen molar-refractivity contribution in [2.45, 2.75) is 122 Å². The molecule has 24 nitrogen and oxygen atoms in total. The molecule has 1 radical (unpaired) electrons. The first-order valence-electron chi connectivity index (χ1n) is 33.6. The average molecular weight is 1450 g/mol. The van der Waals surface area contributed by atoms with E-state index in [-0.39, 0.29) is 142 Å². The third-order valence-corrected chi connectivity index (χ3v) is 16.6. The van der Waals surface area contributed by atoms with Crippen molar-refractivity contribution in [2.24, 2.45) is 5.73 Å². The van der Waals surface area contributed by atoms with Gasteiger partial charge in [-0.25, -0.2) is 14.4 Å². The molecular weight excluding hydrogens is 1360 g/mol. The fourth-order valence-electron chi connectivity index (χ4n) is 11.1. The molecular formula is C78H89N7O17V. The Kier molecular flexibility index (Phi) is 33.8. The summed E-state index contributed by atoms with van der Waals surface area (Å²) in [5.74, 6) is -3.27. The summed E-state index contributed by atoms with van der Waals surface area (Å²) in [6, 6.07) is 43.1. The number of primary amides is 1. The van der Waals surface area contributed by atoms with Crippen LogP contribution in [0.15, 0.2) is 164 Å². The maximum atomic E-state index is 14.8. The quantitative estimate of drug-likeness (QED) is 0.0138. The van der Waals surface area contributed by atoms with Crippen LogP contribution in [0.4, 0.5) is 14.4 Å². The van der Waals surface area contributed by atoms with Crippen LogP contribution in [0, 0.1) is 6.92 Å². The van der Waals surface area contributed by atoms with Crippen molar-refractivity contribution >= 4 is 59.3 Å². The molecule has 8 N–H and O–H groups in total. The van der Waals surface area contributed by atoms with Crippen molar-refractivity contribution in [1.82, 2.24) is 31.9 Å². The van der Waals surface area contributed by atoms with Crippen molar-refractivity contribution in [2.75, 3.05) is 48.1 Å². The second-order valence-electron chi connectivity index (χ2n) is 24.1. The largest absolute Gasteiger partial charge is 0.496 e. The molecule has 0 bridgehead atoms. The van der Waals surface area contributed by atoms with E-state index >= 15 is 0 Å². The third kappa shape index (κ3) is 26.8. The summed E-state index contributed by atoms with van der Waals surface area (Å²) in [5, 5.41) is 16.8. The van der Waals surface area contributed by atoms with Gasteiger partial charge in [0.05, 0.1) is 68.8 Å². The normalized spacial score (nSPS) is 11.5. The van der Waals surface area contributed by atoms with Crippen LogP contribution >= 0.6 is 0 Å². The number of aryl methyl sites for hydroxylation is 1. The van der Waals surface area contributed by atoms with E-state index in [1.807, 2.05) is 97.9 Å². The van der Waals surface area contributed by atoms with E-state index in [4.69, 9.17) is 38.9 Å². The summed E-state index contributed by atoms with van der Waals surface area (Å²) >= 11 is 0. The van der Waals surface area contributed by atoms with Crippen molar-refractivity contribution in [3.05, 3.63) is 225 Å². The van der Waals surface area contributed by atoms with Crippen LogP contribution < -0.4 is 56.6 Å². The Bertz CT molecular complexity index is 3990. The monoisotopic (exact) mass is 1450 g/mol. The van der Waals surface area contributed by atoms with Gasteiger partial charge in [-0.3, -0.25) is 33.6 Å².